The van der Waals surface area contributed by atoms with Gasteiger partial charge in [-0.1, -0.05) is 12.1 Å². The number of nitrogens with one attached hydrogen (secondary N) is 1. The average molecular weight is 326 g/mol. The van der Waals surface area contributed by atoms with Gasteiger partial charge in [0.2, 0.25) is 5.91 Å². The van der Waals surface area contributed by atoms with E-state index in [0.717, 1.165) is 17.7 Å². The van der Waals surface area contributed by atoms with Crippen LogP contribution in [0.15, 0.2) is 24.3 Å². The van der Waals surface area contributed by atoms with Crippen molar-refractivity contribution in [2.45, 2.75) is 31.3 Å². The van der Waals surface area contributed by atoms with E-state index in [9.17, 15) is 14.4 Å². The van der Waals surface area contributed by atoms with Crippen LogP contribution in [0.1, 0.15) is 30.9 Å². The molecule has 24 heavy (non-hydrogen) atoms. The summed E-state index contributed by atoms with van der Waals surface area (Å²) in [6.45, 7) is 1.34. The molecule has 1 saturated carbocycles. The summed E-state index contributed by atoms with van der Waals surface area (Å²) in [4.78, 5) is 39.7. The number of amides is 4. The fourth-order valence-electron chi connectivity index (χ4n) is 2.83. The van der Waals surface area contributed by atoms with Crippen molar-refractivity contribution < 1.29 is 14.4 Å². The molecule has 1 aromatic rings. The number of imide groups is 1. The Morgan fingerprint density at radius 1 is 1.38 bits per heavy atom. The number of rotatable bonds is 4. The zero-order chi connectivity index (χ0) is 17.5. The molecule has 0 radical (unpaired) electrons. The third-order valence-electron chi connectivity index (χ3n) is 4.65. The third-order valence-corrected chi connectivity index (χ3v) is 4.65. The van der Waals surface area contributed by atoms with Crippen molar-refractivity contribution in [3.05, 3.63) is 35.4 Å². The Bertz CT molecular complexity index is 748. The molecular weight excluding hydrogens is 308 g/mol. The van der Waals surface area contributed by atoms with Crippen LogP contribution in [0.2, 0.25) is 0 Å². The lowest BCUT2D eigenvalue weighted by molar-refractivity contribution is -0.138. The summed E-state index contributed by atoms with van der Waals surface area (Å²) >= 11 is 0. The molecule has 1 aliphatic carbocycles. The highest BCUT2D eigenvalue weighted by Gasteiger charge is 2.49. The van der Waals surface area contributed by atoms with Crippen LogP contribution in [0.3, 0.4) is 0 Å². The van der Waals surface area contributed by atoms with Crippen LogP contribution < -0.4 is 5.32 Å². The van der Waals surface area contributed by atoms with Crippen molar-refractivity contribution in [1.29, 1.82) is 5.26 Å². The second-order valence-corrected chi connectivity index (χ2v) is 6.37. The first-order valence-electron chi connectivity index (χ1n) is 7.77. The second kappa shape index (κ2) is 5.64. The molecule has 3 rings (SSSR count). The Morgan fingerprint density at radius 2 is 2.00 bits per heavy atom. The first-order valence-corrected chi connectivity index (χ1v) is 7.77. The molecule has 1 unspecified atom stereocenters. The van der Waals surface area contributed by atoms with Gasteiger partial charge in [-0.05, 0) is 37.5 Å². The maximum absolute atomic E-state index is 12.7. The monoisotopic (exact) mass is 326 g/mol. The standard InChI is InChI=1S/C17H18N4O3/c1-17(12-5-3-11(9-18)4-6-12)15(23)21(16(24)19-17)10-14(22)20(2)13-7-8-13/h3-6,13H,7-8,10H2,1-2H3,(H,19,24). The van der Waals surface area contributed by atoms with Crippen molar-refractivity contribution in [2.75, 3.05) is 13.6 Å². The van der Waals surface area contributed by atoms with E-state index in [1.807, 2.05) is 6.07 Å². The molecule has 1 N–H and O–H groups in total. The lowest BCUT2D eigenvalue weighted by Gasteiger charge is -2.23. The maximum atomic E-state index is 12.7. The minimum atomic E-state index is -1.23. The van der Waals surface area contributed by atoms with Gasteiger partial charge >= 0.3 is 6.03 Å². The second-order valence-electron chi connectivity index (χ2n) is 6.37. The van der Waals surface area contributed by atoms with Crippen molar-refractivity contribution in [3.63, 3.8) is 0 Å². The van der Waals surface area contributed by atoms with Crippen molar-refractivity contribution in [2.24, 2.45) is 0 Å². The van der Waals surface area contributed by atoms with Crippen molar-refractivity contribution in [1.82, 2.24) is 15.1 Å². The SMILES string of the molecule is CN(C(=O)CN1C(=O)NC(C)(c2ccc(C#N)cc2)C1=O)C1CC1. The van der Waals surface area contributed by atoms with E-state index in [2.05, 4.69) is 5.32 Å². The Kier molecular flexibility index (Phi) is 3.76. The van der Waals surface area contributed by atoms with Crippen molar-refractivity contribution in [3.8, 4) is 6.07 Å². The Balaban J connectivity index is 1.79. The van der Waals surface area contributed by atoms with E-state index < -0.39 is 17.5 Å². The number of nitrogens with zero attached hydrogens (tertiary/aromatic N) is 3. The number of nitriles is 1. The van der Waals surface area contributed by atoms with Crippen LogP contribution in [-0.2, 0) is 15.1 Å². The normalized spacial score (nSPS) is 23.0. The fourth-order valence-corrected chi connectivity index (χ4v) is 2.83. The highest BCUT2D eigenvalue weighted by atomic mass is 16.2. The van der Waals surface area contributed by atoms with E-state index in [0.29, 0.717) is 11.1 Å². The number of urea groups is 1. The molecule has 2 aliphatic rings. The summed E-state index contributed by atoms with van der Waals surface area (Å²) in [6.07, 6.45) is 1.93. The number of benzene rings is 1. The highest BCUT2D eigenvalue weighted by Crippen LogP contribution is 2.30. The molecule has 0 spiro atoms. The van der Waals surface area contributed by atoms with Crippen LogP contribution in [0.4, 0.5) is 4.79 Å². The van der Waals surface area contributed by atoms with Crippen LogP contribution in [0.25, 0.3) is 0 Å². The molecule has 4 amide bonds. The van der Waals surface area contributed by atoms with Crippen LogP contribution >= 0.6 is 0 Å². The summed E-state index contributed by atoms with van der Waals surface area (Å²) in [5.74, 6) is -0.708. The fraction of sp³-hybridized carbons (Fsp3) is 0.412. The van der Waals surface area contributed by atoms with E-state index in [4.69, 9.17) is 5.26 Å². The van der Waals surface area contributed by atoms with Gasteiger partial charge < -0.3 is 10.2 Å². The number of carbonyl (C=O) groups is 3. The topological polar surface area (TPSA) is 93.5 Å². The van der Waals surface area contributed by atoms with Gasteiger partial charge in [-0.15, -0.1) is 0 Å². The first-order chi connectivity index (χ1) is 11.4. The number of hydrogen-bond donors (Lipinski definition) is 1. The van der Waals surface area contributed by atoms with Gasteiger partial charge in [-0.2, -0.15) is 5.26 Å². The molecule has 1 heterocycles. The number of carbonyl (C=O) groups excluding carboxylic acids is 3. The van der Waals surface area contributed by atoms with E-state index in [1.54, 1.807) is 43.1 Å². The zero-order valence-electron chi connectivity index (χ0n) is 13.6. The molecule has 124 valence electrons. The van der Waals surface area contributed by atoms with E-state index >= 15 is 0 Å². The first kappa shape index (κ1) is 16.0. The molecule has 7 nitrogen and oxygen atoms in total. The van der Waals surface area contributed by atoms with E-state index in [1.165, 1.54) is 0 Å². The minimum absolute atomic E-state index is 0.225. The molecule has 1 saturated heterocycles. The van der Waals surface area contributed by atoms with Gasteiger partial charge in [0.15, 0.2) is 0 Å². The average Bonchev–Trinajstić information content (AvgIpc) is 3.39. The predicted octanol–water partition coefficient (Wildman–Crippen LogP) is 0.946. The summed E-state index contributed by atoms with van der Waals surface area (Å²) in [5, 5.41) is 11.5. The van der Waals surface area contributed by atoms with Crippen molar-refractivity contribution >= 4 is 17.8 Å². The molecule has 1 atom stereocenters. The molecule has 0 aromatic heterocycles. The van der Waals surface area contributed by atoms with Crippen LogP contribution in [0.5, 0.6) is 0 Å². The summed E-state index contributed by atoms with van der Waals surface area (Å²) in [7, 11) is 1.69. The van der Waals surface area contributed by atoms with Gasteiger partial charge in [-0.25, -0.2) is 4.79 Å². The third kappa shape index (κ3) is 2.60. The predicted molar refractivity (Wildman–Crippen MR) is 84.5 cm³/mol. The quantitative estimate of drug-likeness (QED) is 0.834. The summed E-state index contributed by atoms with van der Waals surface area (Å²) < 4.78 is 0. The maximum Gasteiger partial charge on any atom is 0.325 e. The van der Waals surface area contributed by atoms with Crippen LogP contribution in [0, 0.1) is 11.3 Å². The van der Waals surface area contributed by atoms with Gasteiger partial charge in [0.25, 0.3) is 5.91 Å². The van der Waals surface area contributed by atoms with Gasteiger partial charge in [0.1, 0.15) is 12.1 Å². The molecule has 0 bridgehead atoms. The summed E-state index contributed by atoms with van der Waals surface area (Å²) in [5.41, 5.74) is -0.189. The Hall–Kier alpha value is -2.88. The largest absolute Gasteiger partial charge is 0.341 e. The lowest BCUT2D eigenvalue weighted by Crippen LogP contribution is -2.44. The molecular formula is C17H18N4O3. The smallest absolute Gasteiger partial charge is 0.325 e. The molecule has 1 aromatic carbocycles. The van der Waals surface area contributed by atoms with Gasteiger partial charge in [0, 0.05) is 13.1 Å². The Labute approximate surface area is 139 Å². The van der Waals surface area contributed by atoms with Gasteiger partial charge in [-0.3, -0.25) is 14.5 Å². The molecule has 1 aliphatic heterocycles. The lowest BCUT2D eigenvalue weighted by atomic mass is 9.91. The van der Waals surface area contributed by atoms with Gasteiger partial charge in [0.05, 0.1) is 11.6 Å². The number of hydrogen-bond acceptors (Lipinski definition) is 4. The zero-order valence-corrected chi connectivity index (χ0v) is 13.6. The summed E-state index contributed by atoms with van der Waals surface area (Å²) in [6, 6.07) is 8.11. The molecule has 7 heteroatoms. The Morgan fingerprint density at radius 3 is 2.54 bits per heavy atom. The molecule has 2 fully saturated rings. The number of likely N-dealkylation sites (N-methyl/N-ethyl adjacent to an activating group) is 1. The highest BCUT2D eigenvalue weighted by molar-refractivity contribution is 6.09. The van der Waals surface area contributed by atoms with Crippen LogP contribution in [-0.4, -0.2) is 47.3 Å². The van der Waals surface area contributed by atoms with E-state index in [-0.39, 0.29) is 18.5 Å². The minimum Gasteiger partial charge on any atom is -0.341 e.